The van der Waals surface area contributed by atoms with Crippen molar-refractivity contribution in [2.24, 2.45) is 11.8 Å². The molecule has 1 spiro atoms. The SMILES string of the molecule is C=CCCCCOC(=O)[C@H]1[C@H]2C(=O)N([C@@H](CC)CO)C(C(=O)N(CC=C)c3ccccc3Cl)C23CC(Br)[C@@H]1O3. The molecule has 39 heavy (non-hydrogen) atoms. The number of halogens is 2. The van der Waals surface area contributed by atoms with Gasteiger partial charge in [0.2, 0.25) is 5.91 Å². The Kier molecular flexibility index (Phi) is 9.57. The van der Waals surface area contributed by atoms with Crippen molar-refractivity contribution in [3.05, 3.63) is 54.6 Å². The number of likely N-dealkylation sites (tertiary alicyclic amines) is 1. The number of hydrogen-bond acceptors (Lipinski definition) is 6. The normalized spacial score (nSPS) is 29.7. The molecule has 3 fully saturated rings. The maximum atomic E-state index is 14.5. The highest BCUT2D eigenvalue weighted by molar-refractivity contribution is 9.09. The quantitative estimate of drug-likeness (QED) is 0.153. The molecule has 1 aromatic rings. The third-order valence-electron chi connectivity index (χ3n) is 8.08. The first-order chi connectivity index (χ1) is 18.8. The average molecular weight is 624 g/mol. The number of allylic oxidation sites excluding steroid dienone is 1. The molecule has 3 heterocycles. The fraction of sp³-hybridized carbons (Fsp3) is 0.552. The molecule has 0 radical (unpaired) electrons. The first kappa shape index (κ1) is 29.8. The summed E-state index contributed by atoms with van der Waals surface area (Å²) in [7, 11) is 0. The lowest BCUT2D eigenvalue weighted by atomic mass is 9.70. The second-order valence-electron chi connectivity index (χ2n) is 10.3. The highest BCUT2D eigenvalue weighted by atomic mass is 79.9. The predicted molar refractivity (Wildman–Crippen MR) is 153 cm³/mol. The molecule has 7 atom stereocenters. The number of carbonyl (C=O) groups excluding carboxylic acids is 3. The Bertz CT molecular complexity index is 1110. The van der Waals surface area contributed by atoms with Gasteiger partial charge in [0.15, 0.2) is 0 Å². The van der Waals surface area contributed by atoms with Gasteiger partial charge in [-0.2, -0.15) is 0 Å². The van der Waals surface area contributed by atoms with Crippen molar-refractivity contribution in [2.75, 3.05) is 24.7 Å². The number of esters is 1. The Hall–Kier alpha value is -2.20. The summed E-state index contributed by atoms with van der Waals surface area (Å²) in [6, 6.07) is 5.27. The number of aliphatic hydroxyl groups excluding tert-OH is 1. The van der Waals surface area contributed by atoms with Gasteiger partial charge in [-0.05, 0) is 44.2 Å². The van der Waals surface area contributed by atoms with Crippen molar-refractivity contribution in [1.29, 1.82) is 0 Å². The van der Waals surface area contributed by atoms with E-state index in [1.165, 1.54) is 9.80 Å². The molecule has 3 aliphatic heterocycles. The van der Waals surface area contributed by atoms with Crippen LogP contribution in [0.1, 0.15) is 39.0 Å². The van der Waals surface area contributed by atoms with Gasteiger partial charge >= 0.3 is 5.97 Å². The summed E-state index contributed by atoms with van der Waals surface area (Å²) in [5.41, 5.74) is -0.783. The van der Waals surface area contributed by atoms with Gasteiger partial charge in [0.05, 0.1) is 47.9 Å². The summed E-state index contributed by atoms with van der Waals surface area (Å²) >= 11 is 10.2. The summed E-state index contributed by atoms with van der Waals surface area (Å²) in [4.78, 5) is 44.7. The van der Waals surface area contributed by atoms with Crippen molar-refractivity contribution in [1.82, 2.24) is 4.90 Å². The summed E-state index contributed by atoms with van der Waals surface area (Å²) in [6.45, 7) is 9.41. The van der Waals surface area contributed by atoms with Crippen molar-refractivity contribution in [3.8, 4) is 0 Å². The average Bonchev–Trinajstić information content (AvgIpc) is 3.52. The third kappa shape index (κ3) is 5.19. The molecule has 3 unspecified atom stereocenters. The van der Waals surface area contributed by atoms with Crippen molar-refractivity contribution < 1.29 is 29.0 Å². The van der Waals surface area contributed by atoms with Crippen molar-refractivity contribution in [2.45, 2.75) is 67.6 Å². The molecule has 1 N–H and O–H groups in total. The maximum absolute atomic E-state index is 14.5. The molecule has 8 nitrogen and oxygen atoms in total. The number of ether oxygens (including phenoxy) is 2. The highest BCUT2D eigenvalue weighted by Crippen LogP contribution is 2.61. The van der Waals surface area contributed by atoms with E-state index in [1.807, 2.05) is 13.0 Å². The first-order valence-corrected chi connectivity index (χ1v) is 14.8. The minimum atomic E-state index is -1.26. The van der Waals surface area contributed by atoms with Crippen molar-refractivity contribution >= 4 is 51.0 Å². The Morgan fingerprint density at radius 1 is 1.33 bits per heavy atom. The molecule has 0 aliphatic carbocycles. The zero-order valence-electron chi connectivity index (χ0n) is 22.1. The zero-order valence-corrected chi connectivity index (χ0v) is 24.5. The van der Waals surface area contributed by atoms with Crippen LogP contribution in [0.4, 0.5) is 5.69 Å². The third-order valence-corrected chi connectivity index (χ3v) is 9.24. The number of aliphatic hydroxyl groups is 1. The fourth-order valence-electron chi connectivity index (χ4n) is 6.34. The van der Waals surface area contributed by atoms with E-state index in [-0.39, 0.29) is 30.5 Å². The number of rotatable bonds is 13. The summed E-state index contributed by atoms with van der Waals surface area (Å²) < 4.78 is 12.2. The van der Waals surface area contributed by atoms with Crippen LogP contribution in [0.5, 0.6) is 0 Å². The Morgan fingerprint density at radius 3 is 2.72 bits per heavy atom. The minimum Gasteiger partial charge on any atom is -0.465 e. The number of nitrogens with zero attached hydrogens (tertiary/aromatic N) is 2. The van der Waals surface area contributed by atoms with Crippen LogP contribution >= 0.6 is 27.5 Å². The van der Waals surface area contributed by atoms with E-state index < -0.39 is 47.5 Å². The molecule has 2 bridgehead atoms. The number of fused-ring (bicyclic) bond motifs is 1. The topological polar surface area (TPSA) is 96.4 Å². The number of amides is 2. The van der Waals surface area contributed by atoms with E-state index in [9.17, 15) is 19.5 Å². The molecule has 3 saturated heterocycles. The molecule has 212 valence electrons. The first-order valence-electron chi connectivity index (χ1n) is 13.5. The smallest absolute Gasteiger partial charge is 0.312 e. The number of carbonyl (C=O) groups is 3. The lowest BCUT2D eigenvalue weighted by Crippen LogP contribution is -2.59. The molecule has 4 rings (SSSR count). The number of hydrogen-bond donors (Lipinski definition) is 1. The molecule has 0 saturated carbocycles. The molecule has 3 aliphatic rings. The van der Waals surface area contributed by atoms with Crippen LogP contribution in [0.25, 0.3) is 0 Å². The predicted octanol–water partition coefficient (Wildman–Crippen LogP) is 4.28. The minimum absolute atomic E-state index is 0.148. The van der Waals surface area contributed by atoms with Gasteiger partial charge in [-0.25, -0.2) is 0 Å². The van der Waals surface area contributed by atoms with E-state index in [1.54, 1.807) is 30.3 Å². The fourth-order valence-corrected chi connectivity index (χ4v) is 7.52. The van der Waals surface area contributed by atoms with Crippen LogP contribution < -0.4 is 4.90 Å². The summed E-state index contributed by atoms with van der Waals surface area (Å²) in [6.07, 6.45) is 5.92. The second kappa shape index (κ2) is 12.5. The van der Waals surface area contributed by atoms with Crippen molar-refractivity contribution in [3.63, 3.8) is 0 Å². The number of para-hydroxylation sites is 1. The summed E-state index contributed by atoms with van der Waals surface area (Å²) in [5.74, 6) is -3.03. The summed E-state index contributed by atoms with van der Waals surface area (Å²) in [5, 5.41) is 10.6. The van der Waals surface area contributed by atoms with Gasteiger partial charge in [0, 0.05) is 11.4 Å². The molecule has 1 aromatic carbocycles. The Labute approximate surface area is 243 Å². The standard InChI is InChI=1S/C29H36BrClN2O6/c1-4-7-8-11-15-38-28(37)22-23-26(35)33(18(6-3)17-34)25(29(23)16-19(30)24(22)39-29)27(36)32(14-5-2)21-13-10-9-12-20(21)31/h4-5,9-10,12-13,18-19,22-25,34H,1-2,6-8,11,14-17H2,3H3/t18-,19?,22-,23-,24-,25?,29?/m0/s1. The van der Waals surface area contributed by atoms with Crippen LogP contribution in [0.3, 0.4) is 0 Å². The highest BCUT2D eigenvalue weighted by Gasteiger charge is 2.77. The largest absolute Gasteiger partial charge is 0.465 e. The van der Waals surface area contributed by atoms with E-state index in [2.05, 4.69) is 29.1 Å². The van der Waals surface area contributed by atoms with Gasteiger partial charge in [-0.1, -0.05) is 58.7 Å². The number of alkyl halides is 1. The number of unbranched alkanes of at least 4 members (excludes halogenated alkanes) is 2. The zero-order chi connectivity index (χ0) is 28.3. The van der Waals surface area contributed by atoms with E-state index in [0.717, 1.165) is 12.8 Å². The van der Waals surface area contributed by atoms with Crippen LogP contribution in [0.15, 0.2) is 49.6 Å². The molecule has 10 heteroatoms. The maximum Gasteiger partial charge on any atom is 0.312 e. The van der Waals surface area contributed by atoms with Crippen LogP contribution in [-0.4, -0.2) is 76.2 Å². The van der Waals surface area contributed by atoms with Crippen LogP contribution in [0, 0.1) is 11.8 Å². The van der Waals surface area contributed by atoms with Gasteiger partial charge in [0.25, 0.3) is 5.91 Å². The van der Waals surface area contributed by atoms with Crippen LogP contribution in [0.2, 0.25) is 5.02 Å². The molecule has 2 amide bonds. The Balaban J connectivity index is 1.74. The number of benzene rings is 1. The van der Waals surface area contributed by atoms with E-state index >= 15 is 0 Å². The monoisotopic (exact) mass is 622 g/mol. The van der Waals surface area contributed by atoms with Gasteiger partial charge < -0.3 is 24.4 Å². The van der Waals surface area contributed by atoms with Gasteiger partial charge in [-0.15, -0.1) is 13.2 Å². The second-order valence-corrected chi connectivity index (χ2v) is 11.9. The van der Waals surface area contributed by atoms with Gasteiger partial charge in [0.1, 0.15) is 11.6 Å². The molecule has 0 aromatic heterocycles. The number of anilines is 1. The Morgan fingerprint density at radius 2 is 2.08 bits per heavy atom. The molecular formula is C29H36BrClN2O6. The lowest BCUT2D eigenvalue weighted by Gasteiger charge is -2.39. The van der Waals surface area contributed by atoms with E-state index in [4.69, 9.17) is 21.1 Å². The van der Waals surface area contributed by atoms with E-state index in [0.29, 0.717) is 30.0 Å². The van der Waals surface area contributed by atoms with Gasteiger partial charge in [-0.3, -0.25) is 14.4 Å². The lowest BCUT2D eigenvalue weighted by molar-refractivity contribution is -0.155. The van der Waals surface area contributed by atoms with Crippen LogP contribution in [-0.2, 0) is 23.9 Å². The molecular weight excluding hydrogens is 588 g/mol.